The molecule has 7 nitrogen and oxygen atoms in total. The van der Waals surface area contributed by atoms with Gasteiger partial charge in [0.25, 0.3) is 0 Å². The van der Waals surface area contributed by atoms with Crippen LogP contribution >= 0.6 is 0 Å². The van der Waals surface area contributed by atoms with Crippen molar-refractivity contribution in [3.05, 3.63) is 66.0 Å². The Morgan fingerprint density at radius 1 is 1.14 bits per heavy atom. The van der Waals surface area contributed by atoms with E-state index in [4.69, 9.17) is 4.74 Å². The van der Waals surface area contributed by atoms with Gasteiger partial charge in [0.05, 0.1) is 19.0 Å². The highest BCUT2D eigenvalue weighted by Gasteiger charge is 2.07. The molecule has 4 rings (SSSR count). The molecule has 142 valence electrons. The summed E-state index contributed by atoms with van der Waals surface area (Å²) in [6.45, 7) is 2.76. The number of methoxy groups -OCH3 is 1. The van der Waals surface area contributed by atoms with Crippen LogP contribution in [-0.4, -0.2) is 33.8 Å². The maximum absolute atomic E-state index is 5.39. The number of nitrogens with one attached hydrogen (secondary N) is 3. The number of aryl methyl sites for hydroxylation is 1. The number of ether oxygens (including phenoxy) is 1. The monoisotopic (exact) mass is 374 g/mol. The number of benzene rings is 2. The lowest BCUT2D eigenvalue weighted by Crippen LogP contribution is -2.09. The molecule has 0 spiro atoms. The van der Waals surface area contributed by atoms with Crippen LogP contribution in [0.4, 0.5) is 17.5 Å². The van der Waals surface area contributed by atoms with Gasteiger partial charge < -0.3 is 20.4 Å². The molecule has 0 radical (unpaired) electrons. The molecular formula is C21H22N6O. The number of aromatic nitrogens is 4. The van der Waals surface area contributed by atoms with E-state index in [0.717, 1.165) is 35.5 Å². The Morgan fingerprint density at radius 2 is 2.04 bits per heavy atom. The molecule has 0 unspecified atom stereocenters. The van der Waals surface area contributed by atoms with Crippen molar-refractivity contribution in [1.29, 1.82) is 0 Å². The van der Waals surface area contributed by atoms with Crippen molar-refractivity contribution in [2.24, 2.45) is 0 Å². The van der Waals surface area contributed by atoms with Crippen molar-refractivity contribution in [3.63, 3.8) is 0 Å². The third-order valence-electron chi connectivity index (χ3n) is 4.54. The third-order valence-corrected chi connectivity index (χ3v) is 4.54. The number of aromatic amines is 1. The predicted molar refractivity (Wildman–Crippen MR) is 111 cm³/mol. The minimum atomic E-state index is 0.418. The van der Waals surface area contributed by atoms with Crippen LogP contribution in [-0.2, 0) is 6.42 Å². The first-order valence-electron chi connectivity index (χ1n) is 9.13. The number of anilines is 3. The van der Waals surface area contributed by atoms with E-state index in [1.165, 1.54) is 10.9 Å². The highest BCUT2D eigenvalue weighted by molar-refractivity contribution is 5.83. The first kappa shape index (κ1) is 17.8. The molecule has 28 heavy (non-hydrogen) atoms. The highest BCUT2D eigenvalue weighted by atomic mass is 16.5. The molecule has 4 aromatic rings. The number of hydrogen-bond acceptors (Lipinski definition) is 6. The maximum atomic E-state index is 5.39. The number of hydrogen-bond donors (Lipinski definition) is 3. The SMILES string of the molecule is COc1ccc(C)cc1Nc1nncc(NCCc2c[nH]c3ccccc23)n1. The summed E-state index contributed by atoms with van der Waals surface area (Å²) < 4.78 is 5.39. The van der Waals surface area contributed by atoms with Crippen molar-refractivity contribution >= 4 is 28.4 Å². The van der Waals surface area contributed by atoms with Gasteiger partial charge in [-0.05, 0) is 42.7 Å². The largest absolute Gasteiger partial charge is 0.495 e. The first-order valence-corrected chi connectivity index (χ1v) is 9.13. The van der Waals surface area contributed by atoms with Gasteiger partial charge in [-0.25, -0.2) is 0 Å². The Bertz CT molecular complexity index is 1090. The molecule has 0 saturated heterocycles. The van der Waals surface area contributed by atoms with Crippen LogP contribution in [0.15, 0.2) is 54.9 Å². The summed E-state index contributed by atoms with van der Waals surface area (Å²) in [5.41, 5.74) is 4.34. The van der Waals surface area contributed by atoms with Crippen LogP contribution in [0.2, 0.25) is 0 Å². The molecule has 0 aliphatic rings. The zero-order valence-corrected chi connectivity index (χ0v) is 15.9. The average molecular weight is 374 g/mol. The molecule has 3 N–H and O–H groups in total. The number of rotatable bonds is 7. The number of para-hydroxylation sites is 1. The standard InChI is InChI=1S/C21H22N6O/c1-14-7-8-19(28-2)18(11-14)25-21-26-20(13-24-27-21)22-10-9-15-12-23-17-6-4-3-5-16(15)17/h3-8,11-13,23H,9-10H2,1-2H3,(H2,22,25,26,27). The third kappa shape index (κ3) is 3.88. The van der Waals surface area contributed by atoms with E-state index >= 15 is 0 Å². The van der Waals surface area contributed by atoms with E-state index in [9.17, 15) is 0 Å². The van der Waals surface area contributed by atoms with Crippen LogP contribution in [0.5, 0.6) is 5.75 Å². The molecule has 0 atom stereocenters. The molecule has 0 aliphatic heterocycles. The Kier molecular flexibility index (Phi) is 5.05. The van der Waals surface area contributed by atoms with E-state index in [1.807, 2.05) is 31.2 Å². The number of fused-ring (bicyclic) bond motifs is 1. The van der Waals surface area contributed by atoms with Gasteiger partial charge in [-0.2, -0.15) is 10.1 Å². The maximum Gasteiger partial charge on any atom is 0.249 e. The fourth-order valence-corrected chi connectivity index (χ4v) is 3.15. The van der Waals surface area contributed by atoms with Crippen molar-refractivity contribution < 1.29 is 4.74 Å². The molecule has 0 fully saturated rings. The lowest BCUT2D eigenvalue weighted by Gasteiger charge is -2.11. The van der Waals surface area contributed by atoms with E-state index in [2.05, 4.69) is 55.2 Å². The molecule has 0 amide bonds. The second-order valence-electron chi connectivity index (χ2n) is 6.53. The van der Waals surface area contributed by atoms with Gasteiger partial charge in [-0.1, -0.05) is 24.3 Å². The van der Waals surface area contributed by atoms with Gasteiger partial charge in [0, 0.05) is 23.6 Å². The highest BCUT2D eigenvalue weighted by Crippen LogP contribution is 2.27. The Balaban J connectivity index is 1.42. The molecule has 2 aromatic carbocycles. The zero-order chi connectivity index (χ0) is 19.3. The molecule has 0 saturated carbocycles. The minimum absolute atomic E-state index is 0.418. The van der Waals surface area contributed by atoms with Gasteiger partial charge in [0.1, 0.15) is 5.75 Å². The summed E-state index contributed by atoms with van der Waals surface area (Å²) >= 11 is 0. The van der Waals surface area contributed by atoms with E-state index < -0.39 is 0 Å². The van der Waals surface area contributed by atoms with Gasteiger partial charge in [-0.3, -0.25) is 0 Å². The topological polar surface area (TPSA) is 87.8 Å². The van der Waals surface area contributed by atoms with Gasteiger partial charge in [-0.15, -0.1) is 5.10 Å². The Labute approximate surface area is 163 Å². The fraction of sp³-hybridized carbons (Fsp3) is 0.190. The van der Waals surface area contributed by atoms with Crippen molar-refractivity contribution in [3.8, 4) is 5.75 Å². The van der Waals surface area contributed by atoms with E-state index in [1.54, 1.807) is 13.3 Å². The average Bonchev–Trinajstić information content (AvgIpc) is 3.12. The van der Waals surface area contributed by atoms with Crippen molar-refractivity contribution in [1.82, 2.24) is 20.2 Å². The zero-order valence-electron chi connectivity index (χ0n) is 15.9. The smallest absolute Gasteiger partial charge is 0.249 e. The molecule has 7 heteroatoms. The molecule has 2 aromatic heterocycles. The summed E-state index contributed by atoms with van der Waals surface area (Å²) in [5, 5.41) is 15.8. The van der Waals surface area contributed by atoms with Crippen LogP contribution in [0, 0.1) is 6.92 Å². The normalized spacial score (nSPS) is 10.8. The second-order valence-corrected chi connectivity index (χ2v) is 6.53. The fourth-order valence-electron chi connectivity index (χ4n) is 3.15. The summed E-state index contributed by atoms with van der Waals surface area (Å²) in [6, 6.07) is 14.2. The second kappa shape index (κ2) is 7.96. The molecule has 2 heterocycles. The van der Waals surface area contributed by atoms with Gasteiger partial charge in [0.2, 0.25) is 5.95 Å². The number of H-pyrrole nitrogens is 1. The molecule has 0 bridgehead atoms. The summed E-state index contributed by atoms with van der Waals surface area (Å²) in [6.07, 6.45) is 4.55. The van der Waals surface area contributed by atoms with Crippen LogP contribution in [0.3, 0.4) is 0 Å². The summed E-state index contributed by atoms with van der Waals surface area (Å²) in [4.78, 5) is 7.80. The van der Waals surface area contributed by atoms with Crippen LogP contribution in [0.1, 0.15) is 11.1 Å². The lowest BCUT2D eigenvalue weighted by atomic mass is 10.1. The molecule has 0 aliphatic carbocycles. The Morgan fingerprint density at radius 3 is 2.93 bits per heavy atom. The van der Waals surface area contributed by atoms with Crippen LogP contribution < -0.4 is 15.4 Å². The van der Waals surface area contributed by atoms with Gasteiger partial charge in [0.15, 0.2) is 5.82 Å². The molecular weight excluding hydrogens is 352 g/mol. The predicted octanol–water partition coefficient (Wildman–Crippen LogP) is 4.07. The number of nitrogens with zero attached hydrogens (tertiary/aromatic N) is 3. The first-order chi connectivity index (χ1) is 13.7. The van der Waals surface area contributed by atoms with Crippen LogP contribution in [0.25, 0.3) is 10.9 Å². The van der Waals surface area contributed by atoms with Crippen molar-refractivity contribution in [2.75, 3.05) is 24.3 Å². The minimum Gasteiger partial charge on any atom is -0.495 e. The van der Waals surface area contributed by atoms with Gasteiger partial charge >= 0.3 is 0 Å². The lowest BCUT2D eigenvalue weighted by molar-refractivity contribution is 0.416. The van der Waals surface area contributed by atoms with Crippen molar-refractivity contribution in [2.45, 2.75) is 13.3 Å². The Hall–Kier alpha value is -3.61. The quantitative estimate of drug-likeness (QED) is 0.452. The summed E-state index contributed by atoms with van der Waals surface area (Å²) in [7, 11) is 1.64. The summed E-state index contributed by atoms with van der Waals surface area (Å²) in [5.74, 6) is 1.82. The van der Waals surface area contributed by atoms with E-state index in [0.29, 0.717) is 11.8 Å². The van der Waals surface area contributed by atoms with E-state index in [-0.39, 0.29) is 0 Å².